The Morgan fingerprint density at radius 2 is 1.73 bits per heavy atom. The minimum atomic E-state index is -0.444. The van der Waals surface area contributed by atoms with Gasteiger partial charge in [-0.3, -0.25) is 9.36 Å². The lowest BCUT2D eigenvalue weighted by molar-refractivity contribution is 0.00578. The Kier molecular flexibility index (Phi) is 6.47. The zero-order chi connectivity index (χ0) is 28.2. The van der Waals surface area contributed by atoms with Gasteiger partial charge in [-0.05, 0) is 89.5 Å². The summed E-state index contributed by atoms with van der Waals surface area (Å²) in [6.07, 6.45) is 4.12. The number of hydrogen-bond donors (Lipinski definition) is 2. The maximum atomic E-state index is 12.0. The molecule has 3 heterocycles. The van der Waals surface area contributed by atoms with E-state index in [4.69, 9.17) is 25.0 Å². The number of benzene rings is 2. The number of nitrogens with one attached hydrogen (secondary N) is 1. The maximum absolute atomic E-state index is 12.0. The van der Waals surface area contributed by atoms with Crippen molar-refractivity contribution in [2.75, 3.05) is 5.32 Å². The molecule has 40 heavy (non-hydrogen) atoms. The van der Waals surface area contributed by atoms with Gasteiger partial charge in [-0.2, -0.15) is 4.98 Å². The fraction of sp³-hybridized carbons (Fsp3) is 0.387. The normalized spacial score (nSPS) is 17.7. The Bertz CT molecular complexity index is 1590. The van der Waals surface area contributed by atoms with Gasteiger partial charge in [-0.1, -0.05) is 30.3 Å². The van der Waals surface area contributed by atoms with Gasteiger partial charge < -0.3 is 20.4 Å². The van der Waals surface area contributed by atoms with E-state index in [1.807, 2.05) is 29.7 Å². The van der Waals surface area contributed by atoms with E-state index in [2.05, 4.69) is 57.3 Å². The maximum Gasteiger partial charge on any atom is 0.494 e. The number of nitrogens with zero attached hydrogens (tertiary/aromatic N) is 3. The molecule has 0 unspecified atom stereocenters. The number of carbonyl (C=O) groups is 1. The predicted molar refractivity (Wildman–Crippen MR) is 158 cm³/mol. The summed E-state index contributed by atoms with van der Waals surface area (Å²) in [5, 5.41) is 4.41. The highest BCUT2D eigenvalue weighted by molar-refractivity contribution is 6.62. The number of aromatic nitrogens is 3. The molecular weight excluding hydrogens is 501 g/mol. The van der Waals surface area contributed by atoms with Crippen LogP contribution < -0.4 is 16.5 Å². The van der Waals surface area contributed by atoms with Gasteiger partial charge in [0.05, 0.1) is 22.4 Å². The van der Waals surface area contributed by atoms with Crippen LogP contribution in [0.5, 0.6) is 0 Å². The zero-order valence-corrected chi connectivity index (χ0v) is 23.9. The first-order valence-electron chi connectivity index (χ1n) is 14.0. The molecule has 1 saturated heterocycles. The second kappa shape index (κ2) is 9.75. The standard InChI is InChI=1S/C31H36BN5O3/c1-19-17-24-22(27(33)38)10-8-12-26(24)37(19)29-35-25-11-7-6-9-23(25)28(36-29)34-18-20-13-15-21(16-14-20)32-39-30(2,3)31(4,5)40-32/h8,10,12-17H,6-7,9,11,18H2,1-5H3,(H2,33,38)(H,34,35,36). The molecule has 9 heteroatoms. The van der Waals surface area contributed by atoms with Crippen molar-refractivity contribution in [2.45, 2.75) is 78.0 Å². The Morgan fingerprint density at radius 3 is 2.42 bits per heavy atom. The van der Waals surface area contributed by atoms with E-state index in [1.165, 1.54) is 5.56 Å². The minimum Gasteiger partial charge on any atom is -0.399 e. The molecule has 1 fully saturated rings. The lowest BCUT2D eigenvalue weighted by Gasteiger charge is -2.32. The van der Waals surface area contributed by atoms with Crippen LogP contribution in [0.1, 0.15) is 73.4 Å². The third-order valence-corrected chi connectivity index (χ3v) is 8.63. The van der Waals surface area contributed by atoms with E-state index >= 15 is 0 Å². The van der Waals surface area contributed by atoms with Crippen molar-refractivity contribution in [3.63, 3.8) is 0 Å². The number of rotatable bonds is 6. The predicted octanol–water partition coefficient (Wildman–Crippen LogP) is 4.62. The molecule has 0 spiro atoms. The topological polar surface area (TPSA) is 104 Å². The van der Waals surface area contributed by atoms with Gasteiger partial charge in [0.25, 0.3) is 0 Å². The Labute approximate surface area is 235 Å². The molecule has 1 amide bonds. The molecule has 206 valence electrons. The number of nitrogens with two attached hydrogens (primary N) is 1. The summed E-state index contributed by atoms with van der Waals surface area (Å²) in [6, 6.07) is 15.9. The molecule has 3 N–H and O–H groups in total. The van der Waals surface area contributed by atoms with Gasteiger partial charge in [0, 0.05) is 28.8 Å². The van der Waals surface area contributed by atoms with Crippen LogP contribution in [0.2, 0.25) is 0 Å². The first-order chi connectivity index (χ1) is 19.0. The van der Waals surface area contributed by atoms with Gasteiger partial charge in [-0.15, -0.1) is 0 Å². The molecule has 2 aromatic carbocycles. The fourth-order valence-corrected chi connectivity index (χ4v) is 5.63. The molecule has 2 aromatic heterocycles. The molecule has 0 saturated carbocycles. The van der Waals surface area contributed by atoms with Crippen molar-refractivity contribution in [1.29, 1.82) is 0 Å². The quantitative estimate of drug-likeness (QED) is 0.348. The van der Waals surface area contributed by atoms with Crippen LogP contribution in [0.3, 0.4) is 0 Å². The zero-order valence-electron chi connectivity index (χ0n) is 23.9. The van der Waals surface area contributed by atoms with Crippen LogP contribution in [0, 0.1) is 6.92 Å². The van der Waals surface area contributed by atoms with E-state index < -0.39 is 5.91 Å². The third-order valence-electron chi connectivity index (χ3n) is 8.63. The molecule has 0 bridgehead atoms. The van der Waals surface area contributed by atoms with Gasteiger partial charge >= 0.3 is 7.12 Å². The van der Waals surface area contributed by atoms with Crippen molar-refractivity contribution >= 4 is 35.2 Å². The first kappa shape index (κ1) is 26.5. The average molecular weight is 537 g/mol. The molecule has 1 aliphatic carbocycles. The van der Waals surface area contributed by atoms with Crippen molar-refractivity contribution in [2.24, 2.45) is 5.73 Å². The first-order valence-corrected chi connectivity index (χ1v) is 14.0. The fourth-order valence-electron chi connectivity index (χ4n) is 5.63. The monoisotopic (exact) mass is 537 g/mol. The number of fused-ring (bicyclic) bond motifs is 2. The van der Waals surface area contributed by atoms with Crippen molar-refractivity contribution in [3.8, 4) is 5.95 Å². The van der Waals surface area contributed by atoms with Gasteiger partial charge in [0.15, 0.2) is 0 Å². The molecular formula is C31H36BN5O3. The van der Waals surface area contributed by atoms with Gasteiger partial charge in [0.2, 0.25) is 11.9 Å². The van der Waals surface area contributed by atoms with Crippen molar-refractivity contribution in [1.82, 2.24) is 14.5 Å². The molecule has 4 aromatic rings. The van der Waals surface area contributed by atoms with Crippen LogP contribution >= 0.6 is 0 Å². The highest BCUT2D eigenvalue weighted by Gasteiger charge is 2.51. The summed E-state index contributed by atoms with van der Waals surface area (Å²) >= 11 is 0. The van der Waals surface area contributed by atoms with Crippen molar-refractivity contribution < 1.29 is 14.1 Å². The van der Waals surface area contributed by atoms with E-state index in [0.29, 0.717) is 18.1 Å². The summed E-state index contributed by atoms with van der Waals surface area (Å²) in [6.45, 7) is 10.9. The lowest BCUT2D eigenvalue weighted by Crippen LogP contribution is -2.41. The smallest absolute Gasteiger partial charge is 0.399 e. The Balaban J connectivity index is 1.29. The molecule has 1 aliphatic heterocycles. The van der Waals surface area contributed by atoms with Crippen molar-refractivity contribution in [3.05, 3.63) is 76.6 Å². The van der Waals surface area contributed by atoms with E-state index in [-0.39, 0.29) is 18.3 Å². The van der Waals surface area contributed by atoms with E-state index in [9.17, 15) is 4.79 Å². The Morgan fingerprint density at radius 1 is 1.02 bits per heavy atom. The lowest BCUT2D eigenvalue weighted by atomic mass is 9.79. The minimum absolute atomic E-state index is 0.369. The van der Waals surface area contributed by atoms with Crippen LogP contribution in [0.25, 0.3) is 16.9 Å². The van der Waals surface area contributed by atoms with Crippen LogP contribution in [0.4, 0.5) is 5.82 Å². The number of carbonyl (C=O) groups excluding carboxylic acids is 1. The second-order valence-electron chi connectivity index (χ2n) is 11.9. The highest BCUT2D eigenvalue weighted by Crippen LogP contribution is 2.36. The van der Waals surface area contributed by atoms with E-state index in [0.717, 1.165) is 64.8 Å². The second-order valence-corrected chi connectivity index (χ2v) is 11.9. The number of aryl methyl sites for hydroxylation is 2. The van der Waals surface area contributed by atoms with Gasteiger partial charge in [-0.25, -0.2) is 4.98 Å². The van der Waals surface area contributed by atoms with Crippen LogP contribution in [0.15, 0.2) is 48.5 Å². The van der Waals surface area contributed by atoms with Gasteiger partial charge in [0.1, 0.15) is 5.82 Å². The summed E-state index contributed by atoms with van der Waals surface area (Å²) in [4.78, 5) is 22.1. The molecule has 2 aliphatic rings. The Hall–Kier alpha value is -3.69. The summed E-state index contributed by atoms with van der Waals surface area (Å²) < 4.78 is 14.4. The highest BCUT2D eigenvalue weighted by atomic mass is 16.7. The molecule has 8 nitrogen and oxygen atoms in total. The summed E-state index contributed by atoms with van der Waals surface area (Å²) in [7, 11) is -0.377. The average Bonchev–Trinajstić information content (AvgIpc) is 3.37. The summed E-state index contributed by atoms with van der Waals surface area (Å²) in [5.74, 6) is 1.02. The molecule has 0 atom stereocenters. The van der Waals surface area contributed by atoms with Crippen LogP contribution in [-0.2, 0) is 28.7 Å². The van der Waals surface area contributed by atoms with Crippen LogP contribution in [-0.4, -0.2) is 38.8 Å². The number of primary amides is 1. The molecule has 0 radical (unpaired) electrons. The SMILES string of the molecule is Cc1cc2c(C(N)=O)cccc2n1-c1nc2c(c(NCc3ccc(B4OC(C)(C)C(C)(C)O4)cc3)n1)CCCC2. The number of anilines is 1. The van der Waals surface area contributed by atoms with E-state index in [1.54, 1.807) is 6.07 Å². The number of amides is 1. The largest absolute Gasteiger partial charge is 0.494 e. The summed E-state index contributed by atoms with van der Waals surface area (Å²) in [5.41, 5.74) is 11.7. The molecule has 6 rings (SSSR count). The third kappa shape index (κ3) is 4.57. The number of hydrogen-bond acceptors (Lipinski definition) is 6.